The van der Waals surface area contributed by atoms with Gasteiger partial charge in [0.2, 0.25) is 0 Å². The number of para-hydroxylation sites is 1. The lowest BCUT2D eigenvalue weighted by Gasteiger charge is -2.15. The van der Waals surface area contributed by atoms with Gasteiger partial charge in [-0.1, -0.05) is 34.1 Å². The monoisotopic (exact) mass is 443 g/mol. The van der Waals surface area contributed by atoms with Crippen LogP contribution in [0.2, 0.25) is 0 Å². The zero-order valence-corrected chi connectivity index (χ0v) is 15.9. The summed E-state index contributed by atoms with van der Waals surface area (Å²) >= 11 is 3.31. The number of barbiturate groups is 1. The number of carbonyl (C=O) groups excluding carboxylic acids is 4. The number of imide groups is 2. The molecule has 0 spiro atoms. The number of benzene rings is 2. The van der Waals surface area contributed by atoms with Gasteiger partial charge in [0.25, 0.3) is 17.7 Å². The third-order valence-corrected chi connectivity index (χ3v) is 4.12. The third kappa shape index (κ3) is 4.83. The van der Waals surface area contributed by atoms with E-state index in [2.05, 4.69) is 21.2 Å². The molecule has 142 valence electrons. The standard InChI is InChI=1S/C19H14BrN3O5/c20-12-6-7-15(28-10-16(24)21-13-4-2-1-3-5-13)11(8-12)9-14-17(25)22-19(27)23-18(14)26/h1-9H,10H2,(H,21,24)(H2,22,23,25,26,27). The van der Waals surface area contributed by atoms with Crippen molar-refractivity contribution in [3.05, 3.63) is 64.1 Å². The SMILES string of the molecule is O=C(COc1ccc(Br)cc1C=C1C(=O)NC(=O)NC1=O)Nc1ccccc1. The molecule has 9 heteroatoms. The van der Waals surface area contributed by atoms with E-state index in [9.17, 15) is 19.2 Å². The van der Waals surface area contributed by atoms with Crippen LogP contribution < -0.4 is 20.7 Å². The van der Waals surface area contributed by atoms with E-state index in [1.165, 1.54) is 6.08 Å². The highest BCUT2D eigenvalue weighted by molar-refractivity contribution is 9.10. The van der Waals surface area contributed by atoms with Crippen molar-refractivity contribution in [2.45, 2.75) is 0 Å². The predicted octanol–water partition coefficient (Wildman–Crippen LogP) is 2.22. The summed E-state index contributed by atoms with van der Waals surface area (Å²) in [5, 5.41) is 6.68. The molecule has 5 amide bonds. The molecule has 0 aromatic heterocycles. The maximum absolute atomic E-state index is 12.1. The third-order valence-electron chi connectivity index (χ3n) is 3.63. The molecule has 8 nitrogen and oxygen atoms in total. The van der Waals surface area contributed by atoms with E-state index < -0.39 is 17.8 Å². The van der Waals surface area contributed by atoms with Crippen LogP contribution in [0.15, 0.2) is 58.6 Å². The van der Waals surface area contributed by atoms with E-state index in [4.69, 9.17) is 4.74 Å². The Bertz CT molecular complexity index is 966. The van der Waals surface area contributed by atoms with Gasteiger partial charge in [0.1, 0.15) is 11.3 Å². The van der Waals surface area contributed by atoms with Crippen molar-refractivity contribution in [3.63, 3.8) is 0 Å². The van der Waals surface area contributed by atoms with Crippen molar-refractivity contribution in [2.24, 2.45) is 0 Å². The molecule has 28 heavy (non-hydrogen) atoms. The van der Waals surface area contributed by atoms with Gasteiger partial charge >= 0.3 is 6.03 Å². The molecule has 1 heterocycles. The lowest BCUT2D eigenvalue weighted by atomic mass is 10.1. The summed E-state index contributed by atoms with van der Waals surface area (Å²) in [5.41, 5.74) is 0.766. The van der Waals surface area contributed by atoms with Gasteiger partial charge in [0.05, 0.1) is 0 Å². The lowest BCUT2D eigenvalue weighted by Crippen LogP contribution is -2.51. The average Bonchev–Trinajstić information content (AvgIpc) is 2.64. The molecule has 0 unspecified atom stereocenters. The quantitative estimate of drug-likeness (QED) is 0.484. The largest absolute Gasteiger partial charge is 0.483 e. The van der Waals surface area contributed by atoms with Crippen LogP contribution >= 0.6 is 15.9 Å². The maximum Gasteiger partial charge on any atom is 0.328 e. The number of urea groups is 1. The fraction of sp³-hybridized carbons (Fsp3) is 0.0526. The van der Waals surface area contributed by atoms with E-state index in [1.54, 1.807) is 42.5 Å². The van der Waals surface area contributed by atoms with Crippen molar-refractivity contribution in [1.82, 2.24) is 10.6 Å². The van der Waals surface area contributed by atoms with Gasteiger partial charge in [-0.2, -0.15) is 0 Å². The van der Waals surface area contributed by atoms with E-state index in [0.29, 0.717) is 15.7 Å². The Hall–Kier alpha value is -3.46. The summed E-state index contributed by atoms with van der Waals surface area (Å²) in [7, 11) is 0. The first kappa shape index (κ1) is 19.3. The number of carbonyl (C=O) groups is 4. The van der Waals surface area contributed by atoms with Gasteiger partial charge in [0.15, 0.2) is 6.61 Å². The Morgan fingerprint density at radius 3 is 2.39 bits per heavy atom. The molecular formula is C19H14BrN3O5. The number of hydrogen-bond donors (Lipinski definition) is 3. The number of rotatable bonds is 5. The number of ether oxygens (including phenoxy) is 1. The molecule has 0 aliphatic carbocycles. The smallest absolute Gasteiger partial charge is 0.328 e. The number of halogens is 1. The molecule has 0 atom stereocenters. The second-order valence-corrected chi connectivity index (χ2v) is 6.60. The number of amides is 5. The van der Waals surface area contributed by atoms with Gasteiger partial charge < -0.3 is 10.1 Å². The minimum absolute atomic E-state index is 0.253. The Balaban J connectivity index is 1.76. The summed E-state index contributed by atoms with van der Waals surface area (Å²) in [4.78, 5) is 47.0. The molecule has 3 N–H and O–H groups in total. The average molecular weight is 444 g/mol. The molecule has 3 rings (SSSR count). The first-order valence-corrected chi connectivity index (χ1v) is 8.87. The predicted molar refractivity (Wildman–Crippen MR) is 104 cm³/mol. The van der Waals surface area contributed by atoms with Crippen LogP contribution in [0.5, 0.6) is 5.75 Å². The Kier molecular flexibility index (Phi) is 5.85. The Morgan fingerprint density at radius 2 is 1.71 bits per heavy atom. The van der Waals surface area contributed by atoms with Gasteiger partial charge in [-0.3, -0.25) is 25.0 Å². The summed E-state index contributed by atoms with van der Waals surface area (Å²) in [6.45, 7) is -0.274. The molecule has 2 aromatic carbocycles. The fourth-order valence-electron chi connectivity index (χ4n) is 2.39. The molecule has 0 radical (unpaired) electrons. The normalized spacial score (nSPS) is 13.5. The second-order valence-electron chi connectivity index (χ2n) is 5.68. The van der Waals surface area contributed by atoms with E-state index >= 15 is 0 Å². The van der Waals surface area contributed by atoms with Crippen LogP contribution in [0.25, 0.3) is 6.08 Å². The first-order chi connectivity index (χ1) is 13.4. The topological polar surface area (TPSA) is 114 Å². The highest BCUT2D eigenvalue weighted by atomic mass is 79.9. The second kappa shape index (κ2) is 8.49. The molecule has 1 saturated heterocycles. The first-order valence-electron chi connectivity index (χ1n) is 8.08. The highest BCUT2D eigenvalue weighted by Crippen LogP contribution is 2.26. The highest BCUT2D eigenvalue weighted by Gasteiger charge is 2.28. The van der Waals surface area contributed by atoms with Gasteiger partial charge in [0, 0.05) is 15.7 Å². The van der Waals surface area contributed by atoms with Crippen molar-refractivity contribution in [1.29, 1.82) is 0 Å². The van der Waals surface area contributed by atoms with Crippen molar-refractivity contribution in [3.8, 4) is 5.75 Å². The van der Waals surface area contributed by atoms with Crippen molar-refractivity contribution >= 4 is 51.4 Å². The van der Waals surface area contributed by atoms with Crippen molar-refractivity contribution in [2.75, 3.05) is 11.9 Å². The van der Waals surface area contributed by atoms with E-state index in [-0.39, 0.29) is 23.8 Å². The molecule has 2 aromatic rings. The molecule has 1 fully saturated rings. The lowest BCUT2D eigenvalue weighted by molar-refractivity contribution is -0.124. The van der Waals surface area contributed by atoms with Crippen LogP contribution in [0.1, 0.15) is 5.56 Å². The number of hydrogen-bond acceptors (Lipinski definition) is 5. The van der Waals surface area contributed by atoms with E-state index in [1.807, 2.05) is 16.7 Å². The van der Waals surface area contributed by atoms with Crippen molar-refractivity contribution < 1.29 is 23.9 Å². The fourth-order valence-corrected chi connectivity index (χ4v) is 2.77. The van der Waals surface area contributed by atoms with Gasteiger partial charge in [-0.15, -0.1) is 0 Å². The summed E-state index contributed by atoms with van der Waals surface area (Å²) in [6.07, 6.45) is 1.28. The minimum Gasteiger partial charge on any atom is -0.483 e. The maximum atomic E-state index is 12.1. The summed E-state index contributed by atoms with van der Waals surface area (Å²) in [6, 6.07) is 12.9. The van der Waals surface area contributed by atoms with Crippen LogP contribution in [0, 0.1) is 0 Å². The Morgan fingerprint density at radius 1 is 1.04 bits per heavy atom. The zero-order valence-electron chi connectivity index (χ0n) is 14.3. The molecular weight excluding hydrogens is 430 g/mol. The van der Waals surface area contributed by atoms with Crippen LogP contribution in [0.4, 0.5) is 10.5 Å². The van der Waals surface area contributed by atoms with Crippen LogP contribution in [-0.4, -0.2) is 30.4 Å². The molecule has 0 bridgehead atoms. The minimum atomic E-state index is -0.879. The summed E-state index contributed by atoms with van der Waals surface area (Å²) < 4.78 is 6.23. The molecule has 0 saturated carbocycles. The number of anilines is 1. The summed E-state index contributed by atoms with van der Waals surface area (Å²) in [5.74, 6) is -1.72. The number of nitrogens with one attached hydrogen (secondary N) is 3. The van der Waals surface area contributed by atoms with Crippen LogP contribution in [-0.2, 0) is 14.4 Å². The van der Waals surface area contributed by atoms with Crippen LogP contribution in [0.3, 0.4) is 0 Å². The molecule has 1 aliphatic rings. The Labute approximate surface area is 168 Å². The van der Waals surface area contributed by atoms with E-state index in [0.717, 1.165) is 0 Å². The molecule has 1 aliphatic heterocycles. The zero-order chi connectivity index (χ0) is 20.1. The van der Waals surface area contributed by atoms with Gasteiger partial charge in [-0.05, 0) is 36.4 Å². The van der Waals surface area contributed by atoms with Gasteiger partial charge in [-0.25, -0.2) is 4.79 Å².